The van der Waals surface area contributed by atoms with Crippen molar-refractivity contribution in [2.24, 2.45) is 7.05 Å². The molecule has 2 N–H and O–H groups in total. The molecule has 2 aromatic carbocycles. The van der Waals surface area contributed by atoms with E-state index < -0.39 is 0 Å². The van der Waals surface area contributed by atoms with E-state index in [0.717, 1.165) is 10.9 Å². The molecule has 0 unspecified atom stereocenters. The van der Waals surface area contributed by atoms with Crippen molar-refractivity contribution in [1.82, 2.24) is 4.57 Å². The van der Waals surface area contributed by atoms with Crippen molar-refractivity contribution in [3.63, 3.8) is 0 Å². The Morgan fingerprint density at radius 2 is 1.85 bits per heavy atom. The summed E-state index contributed by atoms with van der Waals surface area (Å²) in [4.78, 5) is 12.6. The lowest BCUT2D eigenvalue weighted by molar-refractivity contribution is 0.104. The number of hydrogen-bond donors (Lipinski definition) is 1. The van der Waals surface area contributed by atoms with Gasteiger partial charge in [0.1, 0.15) is 0 Å². The van der Waals surface area contributed by atoms with Gasteiger partial charge >= 0.3 is 0 Å². The Bertz CT molecular complexity index is 803. The summed E-state index contributed by atoms with van der Waals surface area (Å²) in [5.74, 6) is -0.0158. The molecule has 0 fully saturated rings. The lowest BCUT2D eigenvalue weighted by atomic mass is 10.0. The van der Waals surface area contributed by atoms with E-state index in [-0.39, 0.29) is 5.78 Å². The van der Waals surface area contributed by atoms with Crippen molar-refractivity contribution in [2.45, 2.75) is 0 Å². The number of halogens is 1. The first kappa shape index (κ1) is 12.8. The van der Waals surface area contributed by atoms with Crippen LogP contribution in [0.15, 0.2) is 48.7 Å². The minimum absolute atomic E-state index is 0.0158. The van der Waals surface area contributed by atoms with E-state index in [9.17, 15) is 4.79 Å². The highest BCUT2D eigenvalue weighted by atomic mass is 35.5. The third-order valence-corrected chi connectivity index (χ3v) is 3.61. The van der Waals surface area contributed by atoms with Gasteiger partial charge in [-0.1, -0.05) is 17.7 Å². The van der Waals surface area contributed by atoms with Crippen molar-refractivity contribution in [2.75, 3.05) is 5.73 Å². The minimum Gasteiger partial charge on any atom is -0.399 e. The summed E-state index contributed by atoms with van der Waals surface area (Å²) < 4.78 is 1.91. The zero-order valence-electron chi connectivity index (χ0n) is 10.9. The molecule has 1 heterocycles. The van der Waals surface area contributed by atoms with E-state index in [4.69, 9.17) is 17.3 Å². The van der Waals surface area contributed by atoms with Crippen LogP contribution >= 0.6 is 11.6 Å². The normalized spacial score (nSPS) is 10.9. The highest BCUT2D eigenvalue weighted by Gasteiger charge is 2.15. The summed E-state index contributed by atoms with van der Waals surface area (Å²) in [6, 6.07) is 12.5. The third kappa shape index (κ3) is 2.06. The van der Waals surface area contributed by atoms with Crippen molar-refractivity contribution in [3.05, 3.63) is 64.8 Å². The fourth-order valence-electron chi connectivity index (χ4n) is 2.33. The van der Waals surface area contributed by atoms with Crippen LogP contribution in [0.1, 0.15) is 15.9 Å². The van der Waals surface area contributed by atoms with E-state index in [0.29, 0.717) is 21.8 Å². The number of nitrogen functional groups attached to an aromatic ring is 1. The molecule has 0 saturated carbocycles. The second-order valence-electron chi connectivity index (χ2n) is 4.77. The molecule has 0 atom stereocenters. The first-order valence-electron chi connectivity index (χ1n) is 6.21. The lowest BCUT2D eigenvalue weighted by Gasteiger charge is -2.00. The van der Waals surface area contributed by atoms with Gasteiger partial charge in [-0.05, 0) is 36.4 Å². The molecule has 0 amide bonds. The van der Waals surface area contributed by atoms with Crippen molar-refractivity contribution in [1.29, 1.82) is 0 Å². The molecule has 0 aliphatic rings. The van der Waals surface area contributed by atoms with Gasteiger partial charge in [-0.3, -0.25) is 4.79 Å². The van der Waals surface area contributed by atoms with Gasteiger partial charge in [-0.2, -0.15) is 0 Å². The Morgan fingerprint density at radius 3 is 2.55 bits per heavy atom. The molecular weight excluding hydrogens is 272 g/mol. The standard InChI is InChI=1S/C16H13ClN2O/c1-19-9-14(13-7-4-11(17)8-15(13)19)16(20)10-2-5-12(18)6-3-10/h2-9H,18H2,1H3. The lowest BCUT2D eigenvalue weighted by Crippen LogP contribution is -2.00. The van der Waals surface area contributed by atoms with Gasteiger partial charge in [0.15, 0.2) is 5.78 Å². The molecule has 20 heavy (non-hydrogen) atoms. The van der Waals surface area contributed by atoms with Gasteiger partial charge < -0.3 is 10.3 Å². The number of benzene rings is 2. The summed E-state index contributed by atoms with van der Waals surface area (Å²) in [7, 11) is 1.90. The van der Waals surface area contributed by atoms with Crippen molar-refractivity contribution in [3.8, 4) is 0 Å². The summed E-state index contributed by atoms with van der Waals surface area (Å²) in [6.07, 6.45) is 1.83. The van der Waals surface area contributed by atoms with Crippen LogP contribution in [0.2, 0.25) is 5.02 Å². The van der Waals surface area contributed by atoms with Gasteiger partial charge in [0.05, 0.1) is 0 Å². The highest BCUT2D eigenvalue weighted by molar-refractivity contribution is 6.31. The van der Waals surface area contributed by atoms with E-state index >= 15 is 0 Å². The largest absolute Gasteiger partial charge is 0.399 e. The molecule has 0 saturated heterocycles. The molecule has 0 bridgehead atoms. The molecule has 0 aliphatic heterocycles. The highest BCUT2D eigenvalue weighted by Crippen LogP contribution is 2.26. The number of nitrogens with two attached hydrogens (primary N) is 1. The molecule has 0 radical (unpaired) electrons. The van der Waals surface area contributed by atoms with Crippen LogP contribution in [-0.4, -0.2) is 10.4 Å². The van der Waals surface area contributed by atoms with Crippen LogP contribution in [0.3, 0.4) is 0 Å². The van der Waals surface area contributed by atoms with Crippen LogP contribution in [0.4, 0.5) is 5.69 Å². The topological polar surface area (TPSA) is 48.0 Å². The predicted octanol–water partition coefficient (Wildman–Crippen LogP) is 3.64. The molecular formula is C16H13ClN2O. The number of ketones is 1. The summed E-state index contributed by atoms with van der Waals surface area (Å²) >= 11 is 6.00. The van der Waals surface area contributed by atoms with E-state index in [1.54, 1.807) is 30.3 Å². The Morgan fingerprint density at radius 1 is 1.15 bits per heavy atom. The molecule has 3 rings (SSSR count). The Kier molecular flexibility index (Phi) is 2.99. The maximum Gasteiger partial charge on any atom is 0.195 e. The van der Waals surface area contributed by atoms with Gasteiger partial charge in [0, 0.05) is 46.0 Å². The maximum absolute atomic E-state index is 12.6. The van der Waals surface area contributed by atoms with Gasteiger partial charge in [0.25, 0.3) is 0 Å². The first-order chi connectivity index (χ1) is 9.56. The zero-order chi connectivity index (χ0) is 14.3. The Labute approximate surface area is 121 Å². The number of aryl methyl sites for hydroxylation is 1. The molecule has 0 aliphatic carbocycles. The zero-order valence-corrected chi connectivity index (χ0v) is 11.7. The number of carbonyl (C=O) groups excluding carboxylic acids is 1. The molecule has 4 heteroatoms. The van der Waals surface area contributed by atoms with Crippen LogP contribution in [0, 0.1) is 0 Å². The third-order valence-electron chi connectivity index (χ3n) is 3.37. The number of carbonyl (C=O) groups is 1. The first-order valence-corrected chi connectivity index (χ1v) is 6.59. The quantitative estimate of drug-likeness (QED) is 0.577. The van der Waals surface area contributed by atoms with Gasteiger partial charge in [-0.25, -0.2) is 0 Å². The number of aromatic nitrogens is 1. The average molecular weight is 285 g/mol. The number of nitrogens with zero attached hydrogens (tertiary/aromatic N) is 1. The fraction of sp³-hybridized carbons (Fsp3) is 0.0625. The summed E-state index contributed by atoms with van der Waals surface area (Å²) in [5.41, 5.74) is 8.53. The number of rotatable bonds is 2. The number of hydrogen-bond acceptors (Lipinski definition) is 2. The monoisotopic (exact) mass is 284 g/mol. The number of fused-ring (bicyclic) bond motifs is 1. The Hall–Kier alpha value is -2.26. The van der Waals surface area contributed by atoms with E-state index in [1.807, 2.05) is 29.9 Å². The van der Waals surface area contributed by atoms with E-state index in [1.165, 1.54) is 0 Å². The second-order valence-corrected chi connectivity index (χ2v) is 5.20. The van der Waals surface area contributed by atoms with Crippen molar-refractivity contribution >= 4 is 34.0 Å². The van der Waals surface area contributed by atoms with Crippen molar-refractivity contribution < 1.29 is 4.79 Å². The second kappa shape index (κ2) is 4.69. The van der Waals surface area contributed by atoms with E-state index in [2.05, 4.69) is 0 Å². The predicted molar refractivity (Wildman–Crippen MR) is 82.2 cm³/mol. The SMILES string of the molecule is Cn1cc(C(=O)c2ccc(N)cc2)c2ccc(Cl)cc21. The molecule has 3 nitrogen and oxygen atoms in total. The van der Waals surface area contributed by atoms with Crippen LogP contribution in [0.25, 0.3) is 10.9 Å². The molecule has 100 valence electrons. The van der Waals surface area contributed by atoms with Crippen LogP contribution < -0.4 is 5.73 Å². The molecule has 1 aromatic heterocycles. The minimum atomic E-state index is -0.0158. The van der Waals surface area contributed by atoms with Gasteiger partial charge in [-0.15, -0.1) is 0 Å². The number of anilines is 1. The maximum atomic E-state index is 12.6. The van der Waals surface area contributed by atoms with Crippen LogP contribution in [-0.2, 0) is 7.05 Å². The fourth-order valence-corrected chi connectivity index (χ4v) is 2.49. The van der Waals surface area contributed by atoms with Crippen LogP contribution in [0.5, 0.6) is 0 Å². The molecule has 0 spiro atoms. The Balaban J connectivity index is 2.15. The summed E-state index contributed by atoms with van der Waals surface area (Å²) in [6.45, 7) is 0. The average Bonchev–Trinajstić information content (AvgIpc) is 2.76. The smallest absolute Gasteiger partial charge is 0.195 e. The molecule has 3 aromatic rings. The van der Waals surface area contributed by atoms with Gasteiger partial charge in [0.2, 0.25) is 0 Å². The summed E-state index contributed by atoms with van der Waals surface area (Å²) in [5, 5.41) is 1.56.